The summed E-state index contributed by atoms with van der Waals surface area (Å²) in [4.78, 5) is 10.6. The standard InChI is InChI=1S/C15H26N4/c1-12-5-4-6-13(11-12)7-9-16-14-8-10-17-15(18-14)19(2)3/h8,10,12-13H,4-7,9,11H2,1-3H3,(H,16,17,18). The summed E-state index contributed by atoms with van der Waals surface area (Å²) >= 11 is 0. The molecule has 4 nitrogen and oxygen atoms in total. The highest BCUT2D eigenvalue weighted by atomic mass is 15.2. The fourth-order valence-electron chi connectivity index (χ4n) is 2.89. The molecule has 1 aliphatic carbocycles. The van der Waals surface area contributed by atoms with Gasteiger partial charge in [0.05, 0.1) is 0 Å². The Morgan fingerprint density at radius 2 is 2.21 bits per heavy atom. The lowest BCUT2D eigenvalue weighted by Crippen LogP contribution is -2.17. The number of aromatic nitrogens is 2. The first-order valence-electron chi connectivity index (χ1n) is 7.39. The minimum Gasteiger partial charge on any atom is -0.370 e. The first-order valence-corrected chi connectivity index (χ1v) is 7.39. The van der Waals surface area contributed by atoms with Gasteiger partial charge >= 0.3 is 0 Å². The van der Waals surface area contributed by atoms with Crippen molar-refractivity contribution in [2.45, 2.75) is 39.0 Å². The van der Waals surface area contributed by atoms with E-state index in [1.807, 2.05) is 31.3 Å². The third kappa shape index (κ3) is 4.37. The third-order valence-corrected chi connectivity index (χ3v) is 3.95. The molecule has 0 amide bonds. The topological polar surface area (TPSA) is 41.1 Å². The van der Waals surface area contributed by atoms with Gasteiger partial charge in [0.1, 0.15) is 5.82 Å². The maximum absolute atomic E-state index is 4.47. The Hall–Kier alpha value is -1.32. The van der Waals surface area contributed by atoms with Crippen molar-refractivity contribution in [2.75, 3.05) is 30.9 Å². The van der Waals surface area contributed by atoms with Crippen LogP contribution in [0.1, 0.15) is 39.0 Å². The highest BCUT2D eigenvalue weighted by Crippen LogP contribution is 2.30. The first-order chi connectivity index (χ1) is 9.15. The predicted molar refractivity (Wildman–Crippen MR) is 80.6 cm³/mol. The van der Waals surface area contributed by atoms with Crippen LogP contribution in [-0.2, 0) is 0 Å². The zero-order chi connectivity index (χ0) is 13.7. The van der Waals surface area contributed by atoms with Gasteiger partial charge in [-0.05, 0) is 30.7 Å². The van der Waals surface area contributed by atoms with Crippen LogP contribution in [0.2, 0.25) is 0 Å². The van der Waals surface area contributed by atoms with Crippen molar-refractivity contribution in [3.63, 3.8) is 0 Å². The van der Waals surface area contributed by atoms with Crippen LogP contribution in [0, 0.1) is 11.8 Å². The molecule has 0 spiro atoms. The quantitative estimate of drug-likeness (QED) is 0.885. The Balaban J connectivity index is 1.77. The predicted octanol–water partition coefficient (Wildman–Crippen LogP) is 3.17. The van der Waals surface area contributed by atoms with Gasteiger partial charge in [-0.15, -0.1) is 0 Å². The van der Waals surface area contributed by atoms with Crippen LogP contribution in [0.3, 0.4) is 0 Å². The van der Waals surface area contributed by atoms with Crippen LogP contribution in [0.15, 0.2) is 12.3 Å². The molecule has 19 heavy (non-hydrogen) atoms. The molecule has 1 aliphatic rings. The van der Waals surface area contributed by atoms with Gasteiger partial charge in [-0.25, -0.2) is 4.98 Å². The number of anilines is 2. The number of nitrogens with one attached hydrogen (secondary N) is 1. The molecular weight excluding hydrogens is 236 g/mol. The lowest BCUT2D eigenvalue weighted by atomic mass is 9.81. The van der Waals surface area contributed by atoms with Crippen LogP contribution in [0.5, 0.6) is 0 Å². The summed E-state index contributed by atoms with van der Waals surface area (Å²) < 4.78 is 0. The molecule has 2 atom stereocenters. The molecule has 0 aromatic carbocycles. The van der Waals surface area contributed by atoms with E-state index in [4.69, 9.17) is 0 Å². The lowest BCUT2D eigenvalue weighted by molar-refractivity contribution is 0.274. The van der Waals surface area contributed by atoms with E-state index < -0.39 is 0 Å². The zero-order valence-electron chi connectivity index (χ0n) is 12.4. The van der Waals surface area contributed by atoms with E-state index in [-0.39, 0.29) is 0 Å². The minimum absolute atomic E-state index is 0.760. The maximum Gasteiger partial charge on any atom is 0.226 e. The first kappa shape index (κ1) is 14.1. The van der Waals surface area contributed by atoms with E-state index in [1.54, 1.807) is 0 Å². The molecule has 0 bridgehead atoms. The third-order valence-electron chi connectivity index (χ3n) is 3.95. The normalized spacial score (nSPS) is 23.1. The Kier molecular flexibility index (Phi) is 5.00. The van der Waals surface area contributed by atoms with Gasteiger partial charge in [0, 0.05) is 26.8 Å². The van der Waals surface area contributed by atoms with Crippen LogP contribution in [0.25, 0.3) is 0 Å². The fraction of sp³-hybridized carbons (Fsp3) is 0.733. The van der Waals surface area contributed by atoms with Crippen molar-refractivity contribution in [1.82, 2.24) is 9.97 Å². The van der Waals surface area contributed by atoms with E-state index in [9.17, 15) is 0 Å². The summed E-state index contributed by atoms with van der Waals surface area (Å²) in [5.74, 6) is 3.50. The number of rotatable bonds is 5. The molecule has 1 fully saturated rings. The SMILES string of the molecule is CC1CCCC(CCNc2ccnc(N(C)C)n2)C1. The molecule has 1 heterocycles. The summed E-state index contributed by atoms with van der Waals surface area (Å²) in [5, 5.41) is 3.42. The van der Waals surface area contributed by atoms with Gasteiger partial charge in [0.2, 0.25) is 5.95 Å². The van der Waals surface area contributed by atoms with Crippen molar-refractivity contribution < 1.29 is 0 Å². The highest BCUT2D eigenvalue weighted by molar-refractivity contribution is 5.40. The maximum atomic E-state index is 4.47. The van der Waals surface area contributed by atoms with Crippen molar-refractivity contribution in [3.05, 3.63) is 12.3 Å². The fourth-order valence-corrected chi connectivity index (χ4v) is 2.89. The highest BCUT2D eigenvalue weighted by Gasteiger charge is 2.18. The summed E-state index contributed by atoms with van der Waals surface area (Å²) in [5.41, 5.74) is 0. The summed E-state index contributed by atoms with van der Waals surface area (Å²) in [7, 11) is 3.92. The Morgan fingerprint density at radius 1 is 1.37 bits per heavy atom. The van der Waals surface area contributed by atoms with Crippen LogP contribution >= 0.6 is 0 Å². The molecule has 1 aromatic heterocycles. The Bertz CT molecular complexity index is 391. The average molecular weight is 262 g/mol. The molecule has 2 rings (SSSR count). The Labute approximate surface area is 116 Å². The van der Waals surface area contributed by atoms with Crippen molar-refractivity contribution in [2.24, 2.45) is 11.8 Å². The molecule has 2 unspecified atom stereocenters. The van der Waals surface area contributed by atoms with E-state index in [0.717, 1.165) is 30.1 Å². The number of nitrogens with zero attached hydrogens (tertiary/aromatic N) is 3. The van der Waals surface area contributed by atoms with Gasteiger partial charge in [0.15, 0.2) is 0 Å². The molecule has 0 radical (unpaired) electrons. The monoisotopic (exact) mass is 262 g/mol. The minimum atomic E-state index is 0.760. The Morgan fingerprint density at radius 3 is 2.95 bits per heavy atom. The molecule has 1 aromatic rings. The molecule has 0 aliphatic heterocycles. The largest absolute Gasteiger partial charge is 0.370 e. The molecule has 106 valence electrons. The van der Waals surface area contributed by atoms with Gasteiger partial charge in [0.25, 0.3) is 0 Å². The molecule has 0 saturated heterocycles. The molecular formula is C15H26N4. The van der Waals surface area contributed by atoms with Gasteiger partial charge < -0.3 is 10.2 Å². The summed E-state index contributed by atoms with van der Waals surface area (Å²) in [6.07, 6.45) is 8.69. The second kappa shape index (κ2) is 6.73. The van der Waals surface area contributed by atoms with E-state index in [1.165, 1.54) is 32.1 Å². The molecule has 4 heteroatoms. The molecule has 1 N–H and O–H groups in total. The second-order valence-corrected chi connectivity index (χ2v) is 5.99. The number of hydrogen-bond acceptors (Lipinski definition) is 4. The van der Waals surface area contributed by atoms with Crippen molar-refractivity contribution in [1.29, 1.82) is 0 Å². The lowest BCUT2D eigenvalue weighted by Gasteiger charge is -2.26. The average Bonchev–Trinajstić information content (AvgIpc) is 2.39. The smallest absolute Gasteiger partial charge is 0.226 e. The van der Waals surface area contributed by atoms with Gasteiger partial charge in [-0.1, -0.05) is 26.2 Å². The van der Waals surface area contributed by atoms with Crippen molar-refractivity contribution >= 4 is 11.8 Å². The van der Waals surface area contributed by atoms with Crippen LogP contribution in [0.4, 0.5) is 11.8 Å². The number of hydrogen-bond donors (Lipinski definition) is 1. The van der Waals surface area contributed by atoms with Crippen LogP contribution in [-0.4, -0.2) is 30.6 Å². The summed E-state index contributed by atoms with van der Waals surface area (Å²) in [6.45, 7) is 3.40. The zero-order valence-corrected chi connectivity index (χ0v) is 12.4. The van der Waals surface area contributed by atoms with Gasteiger partial charge in [-0.3, -0.25) is 0 Å². The summed E-state index contributed by atoms with van der Waals surface area (Å²) in [6, 6.07) is 1.94. The second-order valence-electron chi connectivity index (χ2n) is 5.99. The van der Waals surface area contributed by atoms with E-state index in [0.29, 0.717) is 0 Å². The van der Waals surface area contributed by atoms with Crippen LogP contribution < -0.4 is 10.2 Å². The van der Waals surface area contributed by atoms with E-state index >= 15 is 0 Å². The molecule has 1 saturated carbocycles. The van der Waals surface area contributed by atoms with Crippen molar-refractivity contribution in [3.8, 4) is 0 Å². The van der Waals surface area contributed by atoms with E-state index in [2.05, 4.69) is 22.2 Å². The van der Waals surface area contributed by atoms with Gasteiger partial charge in [-0.2, -0.15) is 4.98 Å².